The minimum atomic E-state index is 0.482. The summed E-state index contributed by atoms with van der Waals surface area (Å²) in [5.74, 6) is 0.482. The van der Waals surface area contributed by atoms with Crippen LogP contribution < -0.4 is 4.90 Å². The molecule has 0 N–H and O–H groups in total. The van der Waals surface area contributed by atoms with Crippen molar-refractivity contribution in [2.45, 2.75) is 12.4 Å². The second kappa shape index (κ2) is 5.32. The van der Waals surface area contributed by atoms with Gasteiger partial charge in [0.2, 0.25) is 0 Å². The van der Waals surface area contributed by atoms with E-state index in [0.29, 0.717) is 5.88 Å². The average molecular weight is 253 g/mol. The Hall–Kier alpha value is -1.06. The molecule has 84 valence electrons. The normalized spacial score (nSPS) is 10.4. The van der Waals surface area contributed by atoms with E-state index in [4.69, 9.17) is 11.6 Å². The molecule has 0 atom stereocenters. The number of thiazole rings is 1. The number of alkyl halides is 1. The van der Waals surface area contributed by atoms with Crippen LogP contribution in [0.3, 0.4) is 0 Å². The quantitative estimate of drug-likeness (QED) is 0.774. The lowest BCUT2D eigenvalue weighted by molar-refractivity contribution is 0.910. The van der Waals surface area contributed by atoms with Crippen LogP contribution in [0.4, 0.5) is 5.13 Å². The molecule has 0 amide bonds. The van der Waals surface area contributed by atoms with Crippen molar-refractivity contribution in [2.24, 2.45) is 0 Å². The summed E-state index contributed by atoms with van der Waals surface area (Å²) in [7, 11) is 2.05. The maximum atomic E-state index is 5.73. The lowest BCUT2D eigenvalue weighted by Gasteiger charge is -2.15. The van der Waals surface area contributed by atoms with Gasteiger partial charge in [-0.25, -0.2) is 4.98 Å². The first kappa shape index (κ1) is 11.4. The van der Waals surface area contributed by atoms with E-state index in [0.717, 1.165) is 17.4 Å². The van der Waals surface area contributed by atoms with E-state index >= 15 is 0 Å². The fourth-order valence-electron chi connectivity index (χ4n) is 1.46. The minimum Gasteiger partial charge on any atom is -0.347 e. The molecule has 0 aliphatic rings. The summed E-state index contributed by atoms with van der Waals surface area (Å²) < 4.78 is 0. The number of aromatic nitrogens is 1. The van der Waals surface area contributed by atoms with Gasteiger partial charge in [0.25, 0.3) is 0 Å². The first-order valence-electron chi connectivity index (χ1n) is 5.05. The summed E-state index contributed by atoms with van der Waals surface area (Å²) in [5, 5.41) is 3.02. The highest BCUT2D eigenvalue weighted by atomic mass is 35.5. The SMILES string of the molecule is CN(Cc1ccccc1)c1nc(CCl)cs1. The lowest BCUT2D eigenvalue weighted by Crippen LogP contribution is -2.15. The Morgan fingerprint density at radius 1 is 1.31 bits per heavy atom. The molecule has 1 heterocycles. The summed E-state index contributed by atoms with van der Waals surface area (Å²) in [5.41, 5.74) is 2.23. The highest BCUT2D eigenvalue weighted by molar-refractivity contribution is 7.13. The molecule has 2 aromatic rings. The molecule has 0 unspecified atom stereocenters. The topological polar surface area (TPSA) is 16.1 Å². The predicted octanol–water partition coefficient (Wildman–Crippen LogP) is 3.52. The van der Waals surface area contributed by atoms with Crippen LogP contribution in [0.5, 0.6) is 0 Å². The summed E-state index contributed by atoms with van der Waals surface area (Å²) >= 11 is 7.36. The van der Waals surface area contributed by atoms with Crippen molar-refractivity contribution in [3.63, 3.8) is 0 Å². The Morgan fingerprint density at radius 3 is 2.69 bits per heavy atom. The van der Waals surface area contributed by atoms with Crippen molar-refractivity contribution in [1.82, 2.24) is 4.98 Å². The molecule has 1 aromatic carbocycles. The van der Waals surface area contributed by atoms with Gasteiger partial charge in [0.1, 0.15) is 0 Å². The molecule has 0 fully saturated rings. The summed E-state index contributed by atoms with van der Waals surface area (Å²) in [6.45, 7) is 0.871. The predicted molar refractivity (Wildman–Crippen MR) is 70.2 cm³/mol. The van der Waals surface area contributed by atoms with Gasteiger partial charge in [-0.05, 0) is 5.56 Å². The van der Waals surface area contributed by atoms with Crippen LogP contribution in [0.2, 0.25) is 0 Å². The number of halogens is 1. The summed E-state index contributed by atoms with van der Waals surface area (Å²) in [6.07, 6.45) is 0. The van der Waals surface area contributed by atoms with Gasteiger partial charge in [-0.15, -0.1) is 22.9 Å². The molecule has 0 saturated heterocycles. The molecule has 0 aliphatic carbocycles. The molecule has 0 spiro atoms. The maximum Gasteiger partial charge on any atom is 0.185 e. The van der Waals surface area contributed by atoms with E-state index in [1.165, 1.54) is 5.56 Å². The van der Waals surface area contributed by atoms with Crippen molar-refractivity contribution in [1.29, 1.82) is 0 Å². The first-order valence-corrected chi connectivity index (χ1v) is 6.46. The standard InChI is InChI=1S/C12H13ClN2S/c1-15(8-10-5-3-2-4-6-10)12-14-11(7-13)9-16-12/h2-6,9H,7-8H2,1H3. The van der Waals surface area contributed by atoms with E-state index in [-0.39, 0.29) is 0 Å². The van der Waals surface area contributed by atoms with E-state index < -0.39 is 0 Å². The molecule has 1 aromatic heterocycles. The number of hydrogen-bond acceptors (Lipinski definition) is 3. The highest BCUT2D eigenvalue weighted by Crippen LogP contribution is 2.21. The van der Waals surface area contributed by atoms with Crippen molar-refractivity contribution in [2.75, 3.05) is 11.9 Å². The van der Waals surface area contributed by atoms with Gasteiger partial charge in [0.05, 0.1) is 11.6 Å². The van der Waals surface area contributed by atoms with Gasteiger partial charge in [0, 0.05) is 19.0 Å². The van der Waals surface area contributed by atoms with Crippen LogP contribution in [-0.4, -0.2) is 12.0 Å². The molecule has 16 heavy (non-hydrogen) atoms. The van der Waals surface area contributed by atoms with Crippen LogP contribution in [0.1, 0.15) is 11.3 Å². The van der Waals surface area contributed by atoms with Crippen LogP contribution in [-0.2, 0) is 12.4 Å². The Balaban J connectivity index is 2.05. The van der Waals surface area contributed by atoms with Crippen LogP contribution in [0, 0.1) is 0 Å². The largest absolute Gasteiger partial charge is 0.347 e. The second-order valence-corrected chi connectivity index (χ2v) is 4.70. The van der Waals surface area contributed by atoms with Crippen molar-refractivity contribution in [3.05, 3.63) is 47.0 Å². The van der Waals surface area contributed by atoms with Crippen LogP contribution >= 0.6 is 22.9 Å². The van der Waals surface area contributed by atoms with Crippen LogP contribution in [0.25, 0.3) is 0 Å². The number of nitrogens with zero attached hydrogens (tertiary/aromatic N) is 2. The van der Waals surface area contributed by atoms with E-state index in [1.54, 1.807) is 11.3 Å². The van der Waals surface area contributed by atoms with Gasteiger partial charge < -0.3 is 4.90 Å². The van der Waals surface area contributed by atoms with Gasteiger partial charge in [-0.2, -0.15) is 0 Å². The zero-order chi connectivity index (χ0) is 11.4. The second-order valence-electron chi connectivity index (χ2n) is 3.60. The number of anilines is 1. The molecule has 4 heteroatoms. The number of benzene rings is 1. The molecule has 0 saturated carbocycles. The Bertz CT molecular complexity index is 441. The van der Waals surface area contributed by atoms with Gasteiger partial charge >= 0.3 is 0 Å². The van der Waals surface area contributed by atoms with Crippen LogP contribution in [0.15, 0.2) is 35.7 Å². The van der Waals surface area contributed by atoms with Gasteiger partial charge in [-0.1, -0.05) is 30.3 Å². The minimum absolute atomic E-state index is 0.482. The third-order valence-electron chi connectivity index (χ3n) is 2.27. The molecular weight excluding hydrogens is 240 g/mol. The molecule has 0 aliphatic heterocycles. The zero-order valence-corrected chi connectivity index (χ0v) is 10.6. The Morgan fingerprint density at radius 2 is 2.06 bits per heavy atom. The Kier molecular flexibility index (Phi) is 3.80. The summed E-state index contributed by atoms with van der Waals surface area (Å²) in [4.78, 5) is 6.57. The Labute approximate surface area is 105 Å². The third kappa shape index (κ3) is 2.74. The molecular formula is C12H13ClN2S. The fraction of sp³-hybridized carbons (Fsp3) is 0.250. The smallest absolute Gasteiger partial charge is 0.185 e. The number of hydrogen-bond donors (Lipinski definition) is 0. The van der Waals surface area contributed by atoms with Crippen molar-refractivity contribution >= 4 is 28.1 Å². The third-order valence-corrected chi connectivity index (χ3v) is 3.54. The van der Waals surface area contributed by atoms with Crippen molar-refractivity contribution < 1.29 is 0 Å². The summed E-state index contributed by atoms with van der Waals surface area (Å²) in [6, 6.07) is 10.4. The molecule has 0 bridgehead atoms. The van der Waals surface area contributed by atoms with E-state index in [2.05, 4.69) is 34.1 Å². The number of rotatable bonds is 4. The molecule has 2 rings (SSSR count). The lowest BCUT2D eigenvalue weighted by atomic mass is 10.2. The highest BCUT2D eigenvalue weighted by Gasteiger charge is 2.06. The van der Waals surface area contributed by atoms with E-state index in [9.17, 15) is 0 Å². The first-order chi connectivity index (χ1) is 7.79. The van der Waals surface area contributed by atoms with Gasteiger partial charge in [0.15, 0.2) is 5.13 Å². The van der Waals surface area contributed by atoms with Gasteiger partial charge in [-0.3, -0.25) is 0 Å². The maximum absolute atomic E-state index is 5.73. The molecule has 2 nitrogen and oxygen atoms in total. The van der Waals surface area contributed by atoms with Crippen molar-refractivity contribution in [3.8, 4) is 0 Å². The molecule has 0 radical (unpaired) electrons. The van der Waals surface area contributed by atoms with E-state index in [1.807, 2.05) is 18.5 Å². The average Bonchev–Trinajstić information content (AvgIpc) is 2.79. The monoisotopic (exact) mass is 252 g/mol. The zero-order valence-electron chi connectivity index (χ0n) is 9.06. The fourth-order valence-corrected chi connectivity index (χ4v) is 2.48.